The summed E-state index contributed by atoms with van der Waals surface area (Å²) in [5.74, 6) is 1.46. The second kappa shape index (κ2) is 7.80. The number of nitrogens with one attached hydrogen (secondary N) is 2. The van der Waals surface area contributed by atoms with E-state index in [-0.39, 0.29) is 11.9 Å². The molecular formula is C21H24N6O. The van der Waals surface area contributed by atoms with E-state index in [1.54, 1.807) is 12.3 Å². The first-order valence-electron chi connectivity index (χ1n) is 9.66. The second-order valence-corrected chi connectivity index (χ2v) is 7.25. The highest BCUT2D eigenvalue weighted by molar-refractivity contribution is 5.93. The van der Waals surface area contributed by atoms with Crippen LogP contribution in [0, 0.1) is 0 Å². The summed E-state index contributed by atoms with van der Waals surface area (Å²) in [5.41, 5.74) is 8.71. The zero-order chi connectivity index (χ0) is 19.5. The molecule has 1 saturated carbocycles. The maximum Gasteiger partial charge on any atom is 0.222 e. The molecule has 1 aliphatic rings. The number of pyridine rings is 1. The minimum absolute atomic E-state index is 0.140. The summed E-state index contributed by atoms with van der Waals surface area (Å²) >= 11 is 0. The predicted molar refractivity (Wildman–Crippen MR) is 112 cm³/mol. The molecule has 4 rings (SSSR count). The van der Waals surface area contributed by atoms with Crippen LogP contribution >= 0.6 is 0 Å². The summed E-state index contributed by atoms with van der Waals surface area (Å²) in [6, 6.07) is 10.2. The number of hydrogen-bond donors (Lipinski definition) is 3. The van der Waals surface area contributed by atoms with Crippen molar-refractivity contribution in [1.82, 2.24) is 15.0 Å². The van der Waals surface area contributed by atoms with E-state index >= 15 is 0 Å². The normalized spacial score (nSPS) is 14.8. The van der Waals surface area contributed by atoms with Crippen molar-refractivity contribution in [3.05, 3.63) is 36.5 Å². The number of nitrogens with zero attached hydrogens (tertiary/aromatic N) is 3. The summed E-state index contributed by atoms with van der Waals surface area (Å²) in [6.07, 6.45) is 7.84. The van der Waals surface area contributed by atoms with Crippen LogP contribution in [0.1, 0.15) is 39.0 Å². The molecule has 0 unspecified atom stereocenters. The van der Waals surface area contributed by atoms with Crippen molar-refractivity contribution in [2.45, 2.75) is 45.1 Å². The highest BCUT2D eigenvalue weighted by atomic mass is 16.1. The molecule has 2 heterocycles. The van der Waals surface area contributed by atoms with E-state index in [9.17, 15) is 4.79 Å². The minimum atomic E-state index is -0.140. The number of nitrogen functional groups attached to an aromatic ring is 1. The monoisotopic (exact) mass is 376 g/mol. The van der Waals surface area contributed by atoms with Crippen LogP contribution in [0.4, 0.5) is 17.6 Å². The van der Waals surface area contributed by atoms with Crippen LogP contribution in [0.2, 0.25) is 0 Å². The average molecular weight is 376 g/mol. The summed E-state index contributed by atoms with van der Waals surface area (Å²) < 4.78 is 0. The number of carbonyl (C=O) groups is 1. The van der Waals surface area contributed by atoms with Gasteiger partial charge in [-0.25, -0.2) is 9.97 Å². The molecule has 28 heavy (non-hydrogen) atoms. The Hall–Kier alpha value is -3.22. The first-order chi connectivity index (χ1) is 13.6. The number of rotatable bonds is 4. The third kappa shape index (κ3) is 4.03. The Morgan fingerprint density at radius 2 is 1.86 bits per heavy atom. The molecular weight excluding hydrogens is 352 g/mol. The van der Waals surface area contributed by atoms with Gasteiger partial charge in [-0.05, 0) is 42.7 Å². The quantitative estimate of drug-likeness (QED) is 0.636. The van der Waals surface area contributed by atoms with Gasteiger partial charge in [-0.2, -0.15) is 4.98 Å². The Labute approximate surface area is 163 Å². The highest BCUT2D eigenvalue weighted by Gasteiger charge is 2.16. The molecule has 1 amide bonds. The van der Waals surface area contributed by atoms with Crippen LogP contribution in [0.25, 0.3) is 22.0 Å². The number of amides is 1. The number of aromatic nitrogens is 3. The van der Waals surface area contributed by atoms with Gasteiger partial charge in [0.15, 0.2) is 0 Å². The van der Waals surface area contributed by atoms with Crippen molar-refractivity contribution in [2.75, 3.05) is 16.4 Å². The van der Waals surface area contributed by atoms with Crippen molar-refractivity contribution in [3.8, 4) is 11.1 Å². The zero-order valence-electron chi connectivity index (χ0n) is 15.9. The summed E-state index contributed by atoms with van der Waals surface area (Å²) in [7, 11) is 0. The Morgan fingerprint density at radius 1 is 1.07 bits per heavy atom. The van der Waals surface area contributed by atoms with Crippen LogP contribution in [0.5, 0.6) is 0 Å². The molecule has 0 bridgehead atoms. The Bertz CT molecular complexity index is 996. The largest absolute Gasteiger partial charge is 0.368 e. The summed E-state index contributed by atoms with van der Waals surface area (Å²) in [6.45, 7) is 1.46. The third-order valence-corrected chi connectivity index (χ3v) is 5.06. The van der Waals surface area contributed by atoms with Gasteiger partial charge in [0.25, 0.3) is 0 Å². The Morgan fingerprint density at radius 3 is 2.57 bits per heavy atom. The van der Waals surface area contributed by atoms with Crippen LogP contribution in [0.3, 0.4) is 0 Å². The van der Waals surface area contributed by atoms with E-state index in [2.05, 4.69) is 31.7 Å². The number of hydrogen-bond acceptors (Lipinski definition) is 6. The fourth-order valence-corrected chi connectivity index (χ4v) is 3.70. The molecule has 4 N–H and O–H groups in total. The number of carbonyl (C=O) groups excluding carboxylic acids is 1. The average Bonchev–Trinajstić information content (AvgIpc) is 2.69. The van der Waals surface area contributed by atoms with E-state index in [0.29, 0.717) is 11.9 Å². The maximum absolute atomic E-state index is 11.2. The predicted octanol–water partition coefficient (Wildman–Crippen LogP) is 3.98. The molecule has 7 heteroatoms. The first kappa shape index (κ1) is 18.2. The van der Waals surface area contributed by atoms with Gasteiger partial charge in [0.2, 0.25) is 11.9 Å². The van der Waals surface area contributed by atoms with Gasteiger partial charge in [-0.3, -0.25) is 4.79 Å². The lowest BCUT2D eigenvalue weighted by molar-refractivity contribution is -0.114. The topological polar surface area (TPSA) is 106 Å². The van der Waals surface area contributed by atoms with Gasteiger partial charge in [0.1, 0.15) is 11.6 Å². The van der Waals surface area contributed by atoms with E-state index in [0.717, 1.165) is 40.7 Å². The van der Waals surface area contributed by atoms with E-state index in [1.807, 2.05) is 18.2 Å². The van der Waals surface area contributed by atoms with Crippen LogP contribution < -0.4 is 16.4 Å². The molecule has 1 aromatic carbocycles. The van der Waals surface area contributed by atoms with Crippen molar-refractivity contribution < 1.29 is 4.79 Å². The van der Waals surface area contributed by atoms with Gasteiger partial charge in [-0.1, -0.05) is 25.3 Å². The third-order valence-electron chi connectivity index (χ3n) is 5.06. The van der Waals surface area contributed by atoms with Crippen molar-refractivity contribution in [3.63, 3.8) is 0 Å². The Kier molecular flexibility index (Phi) is 5.06. The fourth-order valence-electron chi connectivity index (χ4n) is 3.70. The molecule has 2 aromatic heterocycles. The van der Waals surface area contributed by atoms with E-state index in [1.165, 1.54) is 26.2 Å². The summed E-state index contributed by atoms with van der Waals surface area (Å²) in [5, 5.41) is 7.21. The molecule has 0 spiro atoms. The van der Waals surface area contributed by atoms with Crippen molar-refractivity contribution in [1.29, 1.82) is 0 Å². The van der Waals surface area contributed by atoms with Crippen molar-refractivity contribution >= 4 is 34.4 Å². The number of fused-ring (bicyclic) bond motifs is 1. The van der Waals surface area contributed by atoms with Gasteiger partial charge in [-0.15, -0.1) is 0 Å². The molecule has 0 aliphatic heterocycles. The van der Waals surface area contributed by atoms with E-state index in [4.69, 9.17) is 5.73 Å². The molecule has 3 aromatic rings. The molecule has 1 fully saturated rings. The van der Waals surface area contributed by atoms with Gasteiger partial charge >= 0.3 is 0 Å². The van der Waals surface area contributed by atoms with Crippen molar-refractivity contribution in [2.24, 2.45) is 0 Å². The fraction of sp³-hybridized carbons (Fsp3) is 0.333. The summed E-state index contributed by atoms with van der Waals surface area (Å²) in [4.78, 5) is 24.3. The second-order valence-electron chi connectivity index (χ2n) is 7.25. The van der Waals surface area contributed by atoms with Gasteiger partial charge in [0.05, 0.1) is 5.52 Å². The Balaban J connectivity index is 1.67. The van der Waals surface area contributed by atoms with E-state index < -0.39 is 0 Å². The SMILES string of the molecule is CC(=O)Nc1ccc(-c2ccc3nc(N)nc(NC4CCCCC4)c3c2)cn1. The number of anilines is 3. The minimum Gasteiger partial charge on any atom is -0.368 e. The maximum atomic E-state index is 11.2. The molecule has 1 aliphatic carbocycles. The lowest BCUT2D eigenvalue weighted by Crippen LogP contribution is -2.23. The molecule has 144 valence electrons. The molecule has 0 radical (unpaired) electrons. The highest BCUT2D eigenvalue weighted by Crippen LogP contribution is 2.30. The lowest BCUT2D eigenvalue weighted by Gasteiger charge is -2.24. The van der Waals surface area contributed by atoms with Crippen LogP contribution in [-0.2, 0) is 4.79 Å². The standard InChI is InChI=1S/C21H24N6O/c1-13(28)24-19-10-8-15(12-23-19)14-7-9-18-17(11-14)20(27-21(22)26-18)25-16-5-3-2-4-6-16/h7-12,16H,2-6H2,1H3,(H,23,24,28)(H3,22,25,26,27). The van der Waals surface area contributed by atoms with Gasteiger partial charge < -0.3 is 16.4 Å². The first-order valence-corrected chi connectivity index (χ1v) is 9.66. The van der Waals surface area contributed by atoms with Crippen LogP contribution in [-0.4, -0.2) is 26.9 Å². The smallest absolute Gasteiger partial charge is 0.222 e. The lowest BCUT2D eigenvalue weighted by atomic mass is 9.95. The number of nitrogens with two attached hydrogens (primary N) is 1. The number of benzene rings is 1. The van der Waals surface area contributed by atoms with Crippen LogP contribution in [0.15, 0.2) is 36.5 Å². The molecule has 7 nitrogen and oxygen atoms in total. The van der Waals surface area contributed by atoms with Gasteiger partial charge in [0, 0.05) is 30.1 Å². The molecule has 0 saturated heterocycles. The zero-order valence-corrected chi connectivity index (χ0v) is 15.9. The molecule has 0 atom stereocenters.